The third-order valence-corrected chi connectivity index (χ3v) is 3.09. The smallest absolute Gasteiger partial charge is 0.128 e. The SMILES string of the molecule is CCC1CCN(c2cc(C)ccn2)C1. The van der Waals surface area contributed by atoms with Crippen molar-refractivity contribution in [2.24, 2.45) is 5.92 Å². The Bertz CT molecular complexity index is 309. The van der Waals surface area contributed by atoms with Crippen LogP contribution in [-0.2, 0) is 0 Å². The highest BCUT2D eigenvalue weighted by atomic mass is 15.2. The van der Waals surface area contributed by atoms with Crippen LogP contribution >= 0.6 is 0 Å². The quantitative estimate of drug-likeness (QED) is 0.712. The molecule has 0 aliphatic carbocycles. The molecular formula is C12H18N2. The number of hydrogen-bond acceptors (Lipinski definition) is 2. The summed E-state index contributed by atoms with van der Waals surface area (Å²) < 4.78 is 0. The first-order chi connectivity index (χ1) is 6.79. The van der Waals surface area contributed by atoms with E-state index in [9.17, 15) is 0 Å². The van der Waals surface area contributed by atoms with Gasteiger partial charge in [-0.3, -0.25) is 0 Å². The topological polar surface area (TPSA) is 16.1 Å². The van der Waals surface area contributed by atoms with Gasteiger partial charge in [0.25, 0.3) is 0 Å². The third kappa shape index (κ3) is 1.89. The first-order valence-corrected chi connectivity index (χ1v) is 5.47. The van der Waals surface area contributed by atoms with Gasteiger partial charge >= 0.3 is 0 Å². The molecule has 76 valence electrons. The van der Waals surface area contributed by atoms with E-state index < -0.39 is 0 Å². The molecular weight excluding hydrogens is 172 g/mol. The summed E-state index contributed by atoms with van der Waals surface area (Å²) in [5, 5.41) is 0. The first-order valence-electron chi connectivity index (χ1n) is 5.47. The highest BCUT2D eigenvalue weighted by molar-refractivity contribution is 5.41. The van der Waals surface area contributed by atoms with E-state index in [0.717, 1.165) is 11.7 Å². The predicted octanol–water partition coefficient (Wildman–Crippen LogP) is 2.63. The Morgan fingerprint density at radius 3 is 3.07 bits per heavy atom. The van der Waals surface area contributed by atoms with Gasteiger partial charge in [0.2, 0.25) is 0 Å². The van der Waals surface area contributed by atoms with Crippen molar-refractivity contribution in [2.75, 3.05) is 18.0 Å². The molecule has 1 fully saturated rings. The molecule has 1 unspecified atom stereocenters. The summed E-state index contributed by atoms with van der Waals surface area (Å²) in [6.07, 6.45) is 4.53. The fourth-order valence-corrected chi connectivity index (χ4v) is 2.07. The molecule has 0 spiro atoms. The average molecular weight is 190 g/mol. The van der Waals surface area contributed by atoms with Gasteiger partial charge in [0.15, 0.2) is 0 Å². The van der Waals surface area contributed by atoms with E-state index in [1.807, 2.05) is 6.20 Å². The molecule has 14 heavy (non-hydrogen) atoms. The molecule has 1 aromatic rings. The maximum absolute atomic E-state index is 4.42. The van der Waals surface area contributed by atoms with Crippen molar-refractivity contribution in [3.63, 3.8) is 0 Å². The van der Waals surface area contributed by atoms with Gasteiger partial charge in [-0.1, -0.05) is 13.3 Å². The lowest BCUT2D eigenvalue weighted by molar-refractivity contribution is 0.568. The molecule has 0 N–H and O–H groups in total. The molecule has 1 aliphatic heterocycles. The van der Waals surface area contributed by atoms with Crippen molar-refractivity contribution in [3.05, 3.63) is 23.9 Å². The molecule has 0 amide bonds. The van der Waals surface area contributed by atoms with Crippen molar-refractivity contribution in [1.82, 2.24) is 4.98 Å². The molecule has 1 atom stereocenters. The lowest BCUT2D eigenvalue weighted by Crippen LogP contribution is -2.20. The first kappa shape index (κ1) is 9.50. The summed E-state index contributed by atoms with van der Waals surface area (Å²) in [6, 6.07) is 4.23. The van der Waals surface area contributed by atoms with Crippen LogP contribution in [0.1, 0.15) is 25.3 Å². The molecule has 0 radical (unpaired) electrons. The Morgan fingerprint density at radius 2 is 2.43 bits per heavy atom. The molecule has 1 aliphatic rings. The molecule has 1 aromatic heterocycles. The predicted molar refractivity (Wildman–Crippen MR) is 59.6 cm³/mol. The van der Waals surface area contributed by atoms with Crippen LogP contribution in [0.15, 0.2) is 18.3 Å². The normalized spacial score (nSPS) is 21.6. The van der Waals surface area contributed by atoms with Crippen LogP contribution in [-0.4, -0.2) is 18.1 Å². The number of aromatic nitrogens is 1. The van der Waals surface area contributed by atoms with Crippen molar-refractivity contribution < 1.29 is 0 Å². The lowest BCUT2D eigenvalue weighted by Gasteiger charge is -2.17. The summed E-state index contributed by atoms with van der Waals surface area (Å²) in [7, 11) is 0. The number of aryl methyl sites for hydroxylation is 1. The Balaban J connectivity index is 2.09. The largest absolute Gasteiger partial charge is 0.356 e. The van der Waals surface area contributed by atoms with Gasteiger partial charge in [-0.2, -0.15) is 0 Å². The minimum atomic E-state index is 0.873. The maximum Gasteiger partial charge on any atom is 0.128 e. The monoisotopic (exact) mass is 190 g/mol. The van der Waals surface area contributed by atoms with Crippen LogP contribution in [0, 0.1) is 12.8 Å². The zero-order valence-electron chi connectivity index (χ0n) is 9.03. The molecule has 0 bridgehead atoms. The molecule has 0 saturated carbocycles. The van der Waals surface area contributed by atoms with E-state index in [1.54, 1.807) is 0 Å². The number of hydrogen-bond donors (Lipinski definition) is 0. The van der Waals surface area contributed by atoms with Gasteiger partial charge in [0.1, 0.15) is 5.82 Å². The Kier molecular flexibility index (Phi) is 2.71. The molecule has 0 aromatic carbocycles. The maximum atomic E-state index is 4.42. The molecule has 2 rings (SSSR count). The molecule has 1 saturated heterocycles. The Hall–Kier alpha value is -1.05. The van der Waals surface area contributed by atoms with E-state index in [-0.39, 0.29) is 0 Å². The van der Waals surface area contributed by atoms with Crippen LogP contribution in [0.5, 0.6) is 0 Å². The second kappa shape index (κ2) is 3.99. The standard InChI is InChI=1S/C12H18N2/c1-3-11-5-7-14(9-11)12-8-10(2)4-6-13-12/h4,6,8,11H,3,5,7,9H2,1-2H3. The average Bonchev–Trinajstić information content (AvgIpc) is 2.66. The van der Waals surface area contributed by atoms with Crippen molar-refractivity contribution in [3.8, 4) is 0 Å². The van der Waals surface area contributed by atoms with Crippen molar-refractivity contribution in [2.45, 2.75) is 26.7 Å². The number of pyridine rings is 1. The summed E-state index contributed by atoms with van der Waals surface area (Å²) in [4.78, 5) is 6.82. The number of anilines is 1. The van der Waals surface area contributed by atoms with Crippen molar-refractivity contribution in [1.29, 1.82) is 0 Å². The molecule has 2 nitrogen and oxygen atoms in total. The van der Waals surface area contributed by atoms with E-state index in [1.165, 1.54) is 31.5 Å². The summed E-state index contributed by atoms with van der Waals surface area (Å²) in [5.41, 5.74) is 1.30. The highest BCUT2D eigenvalue weighted by Crippen LogP contribution is 2.24. The van der Waals surface area contributed by atoms with Crippen LogP contribution < -0.4 is 4.90 Å². The fourth-order valence-electron chi connectivity index (χ4n) is 2.07. The van der Waals surface area contributed by atoms with Crippen LogP contribution in [0.4, 0.5) is 5.82 Å². The van der Waals surface area contributed by atoms with Gasteiger partial charge in [-0.05, 0) is 37.0 Å². The van der Waals surface area contributed by atoms with E-state index in [4.69, 9.17) is 0 Å². The van der Waals surface area contributed by atoms with Gasteiger partial charge in [-0.15, -0.1) is 0 Å². The van der Waals surface area contributed by atoms with E-state index in [2.05, 4.69) is 35.9 Å². The molecule has 2 heteroatoms. The molecule has 2 heterocycles. The zero-order chi connectivity index (χ0) is 9.97. The Labute approximate surface area is 86.0 Å². The van der Waals surface area contributed by atoms with Gasteiger partial charge in [-0.25, -0.2) is 4.98 Å². The minimum Gasteiger partial charge on any atom is -0.356 e. The lowest BCUT2D eigenvalue weighted by atomic mass is 10.1. The van der Waals surface area contributed by atoms with E-state index >= 15 is 0 Å². The Morgan fingerprint density at radius 1 is 1.57 bits per heavy atom. The second-order valence-corrected chi connectivity index (χ2v) is 4.20. The summed E-state index contributed by atoms with van der Waals surface area (Å²) in [5.74, 6) is 2.03. The highest BCUT2D eigenvalue weighted by Gasteiger charge is 2.21. The fraction of sp³-hybridized carbons (Fsp3) is 0.583. The number of nitrogens with zero attached hydrogens (tertiary/aromatic N) is 2. The van der Waals surface area contributed by atoms with E-state index in [0.29, 0.717) is 0 Å². The van der Waals surface area contributed by atoms with Crippen LogP contribution in [0.25, 0.3) is 0 Å². The number of rotatable bonds is 2. The van der Waals surface area contributed by atoms with Gasteiger partial charge in [0.05, 0.1) is 0 Å². The minimum absolute atomic E-state index is 0.873. The summed E-state index contributed by atoms with van der Waals surface area (Å²) in [6.45, 7) is 6.76. The van der Waals surface area contributed by atoms with Crippen LogP contribution in [0.3, 0.4) is 0 Å². The van der Waals surface area contributed by atoms with Gasteiger partial charge in [0, 0.05) is 19.3 Å². The third-order valence-electron chi connectivity index (χ3n) is 3.09. The van der Waals surface area contributed by atoms with Gasteiger partial charge < -0.3 is 4.90 Å². The second-order valence-electron chi connectivity index (χ2n) is 4.20. The van der Waals surface area contributed by atoms with Crippen molar-refractivity contribution >= 4 is 5.82 Å². The zero-order valence-corrected chi connectivity index (χ0v) is 9.03. The van der Waals surface area contributed by atoms with Crippen LogP contribution in [0.2, 0.25) is 0 Å². The summed E-state index contributed by atoms with van der Waals surface area (Å²) >= 11 is 0.